The number of carbonyl (C=O) groups is 1. The lowest BCUT2D eigenvalue weighted by molar-refractivity contribution is -0.130. The number of anilines is 1. The van der Waals surface area contributed by atoms with Crippen LogP contribution in [0.1, 0.15) is 32.6 Å². The Morgan fingerprint density at radius 2 is 1.79 bits per heavy atom. The molecule has 0 aliphatic heterocycles. The molecule has 1 saturated carbocycles. The maximum atomic E-state index is 12.5. The van der Waals surface area contributed by atoms with E-state index in [1.807, 2.05) is 6.92 Å². The average molecular weight is 354 g/mol. The SMILES string of the molecule is CCOc1ccc(N(CC(=O)N(C)C2CCCC2)S(C)(=O)=O)cc1. The molecule has 0 atom stereocenters. The molecule has 7 heteroatoms. The number of benzene rings is 1. The predicted octanol–water partition coefficient (Wildman–Crippen LogP) is 2.25. The maximum absolute atomic E-state index is 12.5. The lowest BCUT2D eigenvalue weighted by atomic mass is 10.2. The third-order valence-electron chi connectivity index (χ3n) is 4.38. The normalized spacial score (nSPS) is 15.3. The van der Waals surface area contributed by atoms with E-state index in [4.69, 9.17) is 4.74 Å². The van der Waals surface area contributed by atoms with Crippen molar-refractivity contribution in [3.05, 3.63) is 24.3 Å². The molecule has 0 N–H and O–H groups in total. The van der Waals surface area contributed by atoms with Crippen molar-refractivity contribution < 1.29 is 17.9 Å². The van der Waals surface area contributed by atoms with Crippen LogP contribution < -0.4 is 9.04 Å². The monoisotopic (exact) mass is 354 g/mol. The van der Waals surface area contributed by atoms with E-state index in [0.29, 0.717) is 18.0 Å². The van der Waals surface area contributed by atoms with Crippen LogP contribution in [0.2, 0.25) is 0 Å². The molecule has 0 heterocycles. The lowest BCUT2D eigenvalue weighted by Crippen LogP contribution is -2.44. The highest BCUT2D eigenvalue weighted by Crippen LogP contribution is 2.24. The van der Waals surface area contributed by atoms with E-state index in [-0.39, 0.29) is 18.5 Å². The minimum absolute atomic E-state index is 0.179. The molecule has 0 radical (unpaired) electrons. The fourth-order valence-corrected chi connectivity index (χ4v) is 3.85. The minimum atomic E-state index is -3.55. The fraction of sp³-hybridized carbons (Fsp3) is 0.588. The largest absolute Gasteiger partial charge is 0.494 e. The second kappa shape index (κ2) is 7.88. The number of amides is 1. The molecule has 0 unspecified atom stereocenters. The van der Waals surface area contributed by atoms with Crippen LogP contribution in [0.3, 0.4) is 0 Å². The number of hydrogen-bond acceptors (Lipinski definition) is 4. The van der Waals surface area contributed by atoms with Crippen LogP contribution in [-0.2, 0) is 14.8 Å². The van der Waals surface area contributed by atoms with E-state index in [1.54, 1.807) is 36.2 Å². The third kappa shape index (κ3) is 4.63. The van der Waals surface area contributed by atoms with Crippen LogP contribution in [0.4, 0.5) is 5.69 Å². The Labute approximate surface area is 144 Å². The smallest absolute Gasteiger partial charge is 0.243 e. The van der Waals surface area contributed by atoms with Crippen molar-refractivity contribution in [2.75, 3.05) is 30.8 Å². The Balaban J connectivity index is 2.15. The summed E-state index contributed by atoms with van der Waals surface area (Å²) in [5.41, 5.74) is 0.467. The predicted molar refractivity (Wildman–Crippen MR) is 94.8 cm³/mol. The van der Waals surface area contributed by atoms with Gasteiger partial charge in [0.05, 0.1) is 18.6 Å². The van der Waals surface area contributed by atoms with Gasteiger partial charge in [-0.2, -0.15) is 0 Å². The van der Waals surface area contributed by atoms with Crippen molar-refractivity contribution >= 4 is 21.6 Å². The first-order valence-electron chi connectivity index (χ1n) is 8.29. The summed E-state index contributed by atoms with van der Waals surface area (Å²) in [6, 6.07) is 6.97. The summed E-state index contributed by atoms with van der Waals surface area (Å²) in [6.07, 6.45) is 5.34. The molecular weight excluding hydrogens is 328 g/mol. The average Bonchev–Trinajstić information content (AvgIpc) is 3.06. The molecule has 1 fully saturated rings. The molecule has 6 nitrogen and oxygen atoms in total. The number of likely N-dealkylation sites (N-methyl/N-ethyl adjacent to an activating group) is 1. The quantitative estimate of drug-likeness (QED) is 0.753. The van der Waals surface area contributed by atoms with Crippen molar-refractivity contribution in [3.63, 3.8) is 0 Å². The molecule has 0 aromatic heterocycles. The summed E-state index contributed by atoms with van der Waals surface area (Å²) < 4.78 is 30.8. The van der Waals surface area contributed by atoms with Gasteiger partial charge in [-0.3, -0.25) is 9.10 Å². The summed E-state index contributed by atoms with van der Waals surface area (Å²) in [7, 11) is -1.79. The van der Waals surface area contributed by atoms with Crippen molar-refractivity contribution in [3.8, 4) is 5.75 Å². The first kappa shape index (κ1) is 18.6. The van der Waals surface area contributed by atoms with E-state index in [2.05, 4.69) is 0 Å². The number of ether oxygens (including phenoxy) is 1. The topological polar surface area (TPSA) is 66.9 Å². The van der Waals surface area contributed by atoms with Crippen LogP contribution >= 0.6 is 0 Å². The van der Waals surface area contributed by atoms with Crippen LogP contribution in [0.15, 0.2) is 24.3 Å². The second-order valence-corrected chi connectivity index (χ2v) is 8.05. The Hall–Kier alpha value is -1.76. The number of sulfonamides is 1. The standard InChI is InChI=1S/C17H26N2O4S/c1-4-23-16-11-9-15(10-12-16)19(24(3,21)22)13-17(20)18(2)14-7-5-6-8-14/h9-12,14H,4-8,13H2,1-3H3. The molecule has 1 aromatic rings. The highest BCUT2D eigenvalue weighted by atomic mass is 32.2. The van der Waals surface area contributed by atoms with Gasteiger partial charge in [-0.15, -0.1) is 0 Å². The number of hydrogen-bond donors (Lipinski definition) is 0. The molecule has 0 spiro atoms. The van der Waals surface area contributed by atoms with Gasteiger partial charge in [0.2, 0.25) is 15.9 Å². The first-order chi connectivity index (χ1) is 11.3. The van der Waals surface area contributed by atoms with Gasteiger partial charge in [-0.05, 0) is 44.0 Å². The first-order valence-corrected chi connectivity index (χ1v) is 10.1. The lowest BCUT2D eigenvalue weighted by Gasteiger charge is -2.28. The van der Waals surface area contributed by atoms with Crippen molar-refractivity contribution in [2.24, 2.45) is 0 Å². The van der Waals surface area contributed by atoms with Gasteiger partial charge in [0.25, 0.3) is 0 Å². The van der Waals surface area contributed by atoms with Gasteiger partial charge in [-0.1, -0.05) is 12.8 Å². The summed E-state index contributed by atoms with van der Waals surface area (Å²) >= 11 is 0. The molecule has 1 aliphatic rings. The molecule has 0 saturated heterocycles. The maximum Gasteiger partial charge on any atom is 0.243 e. The molecule has 2 rings (SSSR count). The molecule has 1 amide bonds. The van der Waals surface area contributed by atoms with Crippen molar-refractivity contribution in [1.29, 1.82) is 0 Å². The van der Waals surface area contributed by atoms with Gasteiger partial charge in [0.1, 0.15) is 12.3 Å². The van der Waals surface area contributed by atoms with Crippen LogP contribution in [0.5, 0.6) is 5.75 Å². The van der Waals surface area contributed by atoms with Gasteiger partial charge < -0.3 is 9.64 Å². The molecule has 0 bridgehead atoms. The molecule has 24 heavy (non-hydrogen) atoms. The summed E-state index contributed by atoms with van der Waals surface area (Å²) in [6.45, 7) is 2.24. The van der Waals surface area contributed by atoms with Crippen molar-refractivity contribution in [1.82, 2.24) is 4.90 Å². The van der Waals surface area contributed by atoms with Gasteiger partial charge in [0.15, 0.2) is 0 Å². The van der Waals surface area contributed by atoms with E-state index in [0.717, 1.165) is 36.2 Å². The van der Waals surface area contributed by atoms with E-state index in [1.165, 1.54) is 0 Å². The third-order valence-corrected chi connectivity index (χ3v) is 5.52. The Morgan fingerprint density at radius 3 is 2.29 bits per heavy atom. The Kier molecular flexibility index (Phi) is 6.10. The van der Waals surface area contributed by atoms with E-state index >= 15 is 0 Å². The highest BCUT2D eigenvalue weighted by Gasteiger charge is 2.27. The van der Waals surface area contributed by atoms with E-state index in [9.17, 15) is 13.2 Å². The van der Waals surface area contributed by atoms with Gasteiger partial charge in [-0.25, -0.2) is 8.42 Å². The highest BCUT2D eigenvalue weighted by molar-refractivity contribution is 7.92. The van der Waals surface area contributed by atoms with Crippen LogP contribution in [-0.4, -0.2) is 51.7 Å². The fourth-order valence-electron chi connectivity index (χ4n) is 3.00. The Bertz CT molecular complexity index is 652. The van der Waals surface area contributed by atoms with Crippen molar-refractivity contribution in [2.45, 2.75) is 38.6 Å². The van der Waals surface area contributed by atoms with E-state index < -0.39 is 10.0 Å². The number of carbonyl (C=O) groups excluding carboxylic acids is 1. The molecular formula is C17H26N2O4S. The zero-order chi connectivity index (χ0) is 17.7. The summed E-state index contributed by atoms with van der Waals surface area (Å²) in [5.74, 6) is 0.491. The van der Waals surface area contributed by atoms with Crippen LogP contribution in [0.25, 0.3) is 0 Å². The molecule has 1 aliphatic carbocycles. The second-order valence-electron chi connectivity index (χ2n) is 6.14. The zero-order valence-electron chi connectivity index (χ0n) is 14.6. The molecule has 134 valence electrons. The summed E-state index contributed by atoms with van der Waals surface area (Å²) in [4.78, 5) is 14.2. The van der Waals surface area contributed by atoms with Crippen LogP contribution in [0, 0.1) is 0 Å². The zero-order valence-corrected chi connectivity index (χ0v) is 15.4. The molecule has 1 aromatic carbocycles. The summed E-state index contributed by atoms with van der Waals surface area (Å²) in [5, 5.41) is 0. The Morgan fingerprint density at radius 1 is 1.21 bits per heavy atom. The number of nitrogens with zero attached hydrogens (tertiary/aromatic N) is 2. The number of rotatable bonds is 7. The minimum Gasteiger partial charge on any atom is -0.494 e. The van der Waals surface area contributed by atoms with Gasteiger partial charge >= 0.3 is 0 Å². The van der Waals surface area contributed by atoms with Gasteiger partial charge in [0, 0.05) is 13.1 Å².